The molecule has 4 aromatic rings. The van der Waals surface area contributed by atoms with E-state index in [0.29, 0.717) is 69.8 Å². The highest BCUT2D eigenvalue weighted by Crippen LogP contribution is 2.39. The molecule has 0 atom stereocenters. The number of ether oxygens (including phenoxy) is 5. The second-order valence-electron chi connectivity index (χ2n) is 12.9. The van der Waals surface area contributed by atoms with Crippen molar-refractivity contribution in [1.29, 1.82) is 0 Å². The van der Waals surface area contributed by atoms with E-state index >= 15 is 0 Å². The van der Waals surface area contributed by atoms with Gasteiger partial charge in [-0.2, -0.15) is 5.10 Å². The number of alkyl carbamates (subject to hydrolysis) is 1. The summed E-state index contributed by atoms with van der Waals surface area (Å²) in [5, 5.41) is 11.2. The van der Waals surface area contributed by atoms with E-state index in [1.54, 1.807) is 11.6 Å². The number of aromatic nitrogens is 5. The number of nitrogens with one attached hydrogen (secondary N) is 3. The lowest BCUT2D eigenvalue weighted by Crippen LogP contribution is -2.35. The van der Waals surface area contributed by atoms with E-state index in [1.165, 1.54) is 6.33 Å². The van der Waals surface area contributed by atoms with Gasteiger partial charge in [-0.25, -0.2) is 19.3 Å². The summed E-state index contributed by atoms with van der Waals surface area (Å²) in [6.07, 6.45) is 4.09. The van der Waals surface area contributed by atoms with Crippen LogP contribution in [0.2, 0.25) is 0 Å². The van der Waals surface area contributed by atoms with E-state index < -0.39 is 11.7 Å². The third kappa shape index (κ3) is 9.58. The number of anilines is 1. The molecule has 1 aliphatic rings. The van der Waals surface area contributed by atoms with Crippen LogP contribution >= 0.6 is 0 Å². The van der Waals surface area contributed by atoms with Crippen molar-refractivity contribution >= 4 is 34.2 Å². The number of H-pyrrole nitrogens is 1. The number of nitrogens with zero attached hydrogens (tertiary/aromatic N) is 4. The van der Waals surface area contributed by atoms with Crippen LogP contribution in [-0.2, 0) is 23.7 Å². The lowest BCUT2D eigenvalue weighted by atomic mass is 9.81. The van der Waals surface area contributed by atoms with Gasteiger partial charge in [0.15, 0.2) is 5.82 Å². The molecule has 1 aromatic carbocycles. The van der Waals surface area contributed by atoms with Crippen LogP contribution in [-0.4, -0.2) is 102 Å². The summed E-state index contributed by atoms with van der Waals surface area (Å²) in [5.41, 5.74) is 8.86. The molecule has 0 unspecified atom stereocenters. The van der Waals surface area contributed by atoms with Crippen molar-refractivity contribution < 1.29 is 33.3 Å². The monoisotopic (exact) mass is 680 g/mol. The molecular formula is C34H48N8O7. The predicted molar refractivity (Wildman–Crippen MR) is 183 cm³/mol. The molecule has 0 spiro atoms. The van der Waals surface area contributed by atoms with Gasteiger partial charge in [-0.3, -0.25) is 4.79 Å². The molecule has 266 valence electrons. The first kappa shape index (κ1) is 35.8. The van der Waals surface area contributed by atoms with Gasteiger partial charge in [0, 0.05) is 30.3 Å². The summed E-state index contributed by atoms with van der Waals surface area (Å²) in [6, 6.07) is 7.90. The van der Waals surface area contributed by atoms with Crippen molar-refractivity contribution in [1.82, 2.24) is 35.2 Å². The second-order valence-corrected chi connectivity index (χ2v) is 12.9. The zero-order valence-corrected chi connectivity index (χ0v) is 28.8. The molecular weight excluding hydrogens is 632 g/mol. The molecule has 5 rings (SSSR count). The first-order valence-corrected chi connectivity index (χ1v) is 16.8. The Balaban J connectivity index is 0.994. The molecule has 3 heterocycles. The second kappa shape index (κ2) is 16.8. The Morgan fingerprint density at radius 2 is 1.65 bits per heavy atom. The van der Waals surface area contributed by atoms with Crippen LogP contribution in [0.4, 0.5) is 10.6 Å². The number of para-hydroxylation sites is 1. The summed E-state index contributed by atoms with van der Waals surface area (Å²) in [5.74, 6) is 2.03. The van der Waals surface area contributed by atoms with Gasteiger partial charge >= 0.3 is 6.09 Å². The quantitative estimate of drug-likeness (QED) is 0.126. The van der Waals surface area contributed by atoms with Gasteiger partial charge in [-0.15, -0.1) is 0 Å². The Morgan fingerprint density at radius 1 is 0.980 bits per heavy atom. The fourth-order valence-electron chi connectivity index (χ4n) is 5.94. The molecule has 0 bridgehead atoms. The van der Waals surface area contributed by atoms with Crippen LogP contribution in [0, 0.1) is 5.92 Å². The summed E-state index contributed by atoms with van der Waals surface area (Å²) < 4.78 is 29.0. The molecule has 5 N–H and O–H groups in total. The minimum absolute atomic E-state index is 0.0452. The summed E-state index contributed by atoms with van der Waals surface area (Å²) >= 11 is 0. The number of carbonyl (C=O) groups excluding carboxylic acids is 2. The molecule has 0 aliphatic heterocycles. The van der Waals surface area contributed by atoms with E-state index in [0.717, 1.165) is 53.9 Å². The van der Waals surface area contributed by atoms with Gasteiger partial charge in [0.25, 0.3) is 0 Å². The van der Waals surface area contributed by atoms with Gasteiger partial charge in [0.1, 0.15) is 34.7 Å². The van der Waals surface area contributed by atoms with Crippen molar-refractivity contribution in [3.05, 3.63) is 36.4 Å². The molecule has 15 heteroatoms. The van der Waals surface area contributed by atoms with E-state index in [1.807, 2.05) is 45.0 Å². The molecule has 3 aromatic heterocycles. The molecule has 49 heavy (non-hydrogen) atoms. The smallest absolute Gasteiger partial charge is 0.407 e. The maximum atomic E-state index is 12.9. The SMILES string of the molecule is COc1cccc2cc(-c3nc(C4CCC(C(=O)NCCOCCOCCOCCNC(=O)OC(C)(C)C)CC4)n4ncnc(N)c34)[nH]c12. The van der Waals surface area contributed by atoms with Crippen molar-refractivity contribution in [2.45, 2.75) is 58.0 Å². The molecule has 2 amide bonds. The van der Waals surface area contributed by atoms with E-state index in [-0.39, 0.29) is 17.7 Å². The van der Waals surface area contributed by atoms with Crippen molar-refractivity contribution in [3.8, 4) is 17.1 Å². The van der Waals surface area contributed by atoms with Crippen molar-refractivity contribution in [2.24, 2.45) is 5.92 Å². The lowest BCUT2D eigenvalue weighted by molar-refractivity contribution is -0.126. The zero-order valence-electron chi connectivity index (χ0n) is 28.8. The van der Waals surface area contributed by atoms with Gasteiger partial charge < -0.3 is 45.0 Å². The fourth-order valence-corrected chi connectivity index (χ4v) is 5.94. The Bertz CT molecular complexity index is 1690. The number of hydrogen-bond acceptors (Lipinski definition) is 11. The van der Waals surface area contributed by atoms with Crippen LogP contribution < -0.4 is 21.1 Å². The maximum absolute atomic E-state index is 12.9. The van der Waals surface area contributed by atoms with Gasteiger partial charge in [0.05, 0.1) is 58.0 Å². The molecule has 1 aliphatic carbocycles. The van der Waals surface area contributed by atoms with Gasteiger partial charge in [-0.1, -0.05) is 12.1 Å². The number of amides is 2. The van der Waals surface area contributed by atoms with Gasteiger partial charge in [0.2, 0.25) is 5.91 Å². The highest BCUT2D eigenvalue weighted by Gasteiger charge is 2.31. The normalized spacial score (nSPS) is 16.6. The number of fused-ring (bicyclic) bond motifs is 2. The standard InChI is InChI=1S/C34H48N8O7/c1-34(2,3)49-33(44)37-13-15-47-17-19-48-18-16-46-14-12-36-32(43)23-10-8-22(9-11-23)31-41-28(29-30(35)38-21-39-42(29)31)25-20-24-6-5-7-26(45-4)27(24)40-25/h5-7,20-23,40H,8-19H2,1-4H3,(H,36,43)(H,37,44)(H2,35,38,39). The number of imidazole rings is 1. The Labute approximate surface area is 285 Å². The van der Waals surface area contributed by atoms with Crippen LogP contribution in [0.3, 0.4) is 0 Å². The number of carbonyl (C=O) groups is 2. The van der Waals surface area contributed by atoms with Crippen LogP contribution in [0.1, 0.15) is 58.2 Å². The first-order valence-electron chi connectivity index (χ1n) is 16.8. The molecule has 1 saturated carbocycles. The third-order valence-electron chi connectivity index (χ3n) is 8.25. The van der Waals surface area contributed by atoms with E-state index in [4.69, 9.17) is 34.4 Å². The number of methoxy groups -OCH3 is 1. The third-order valence-corrected chi connectivity index (χ3v) is 8.25. The number of hydrogen-bond donors (Lipinski definition) is 4. The Kier molecular flexibility index (Phi) is 12.3. The molecule has 15 nitrogen and oxygen atoms in total. The number of aromatic amines is 1. The van der Waals surface area contributed by atoms with E-state index in [2.05, 4.69) is 25.7 Å². The number of nitrogens with two attached hydrogens (primary N) is 1. The average Bonchev–Trinajstić information content (AvgIpc) is 3.69. The zero-order chi connectivity index (χ0) is 34.8. The highest BCUT2D eigenvalue weighted by atomic mass is 16.6. The average molecular weight is 681 g/mol. The number of benzene rings is 1. The molecule has 1 fully saturated rings. The molecule has 0 saturated heterocycles. The van der Waals surface area contributed by atoms with Crippen molar-refractivity contribution in [2.75, 3.05) is 65.6 Å². The number of rotatable bonds is 16. The molecule has 0 radical (unpaired) electrons. The minimum Gasteiger partial charge on any atom is -0.495 e. The fraction of sp³-hybridized carbons (Fsp3) is 0.559. The summed E-state index contributed by atoms with van der Waals surface area (Å²) in [4.78, 5) is 37.2. The predicted octanol–water partition coefficient (Wildman–Crippen LogP) is 3.83. The maximum Gasteiger partial charge on any atom is 0.407 e. The van der Waals surface area contributed by atoms with E-state index in [9.17, 15) is 9.59 Å². The van der Waals surface area contributed by atoms with Crippen LogP contribution in [0.25, 0.3) is 27.8 Å². The first-order chi connectivity index (χ1) is 23.6. The summed E-state index contributed by atoms with van der Waals surface area (Å²) in [6.45, 7) is 8.68. The highest BCUT2D eigenvalue weighted by molar-refractivity contribution is 5.93. The largest absolute Gasteiger partial charge is 0.495 e. The minimum atomic E-state index is -0.528. The van der Waals surface area contributed by atoms with Crippen LogP contribution in [0.5, 0.6) is 5.75 Å². The Morgan fingerprint density at radius 3 is 2.33 bits per heavy atom. The lowest BCUT2D eigenvalue weighted by Gasteiger charge is -2.26. The van der Waals surface area contributed by atoms with Crippen LogP contribution in [0.15, 0.2) is 30.6 Å². The Hall–Kier alpha value is -4.47. The van der Waals surface area contributed by atoms with Gasteiger partial charge in [-0.05, 0) is 58.6 Å². The number of nitrogen functional groups attached to an aromatic ring is 1. The summed E-state index contributed by atoms with van der Waals surface area (Å²) in [7, 11) is 1.65. The van der Waals surface area contributed by atoms with Crippen molar-refractivity contribution in [3.63, 3.8) is 0 Å². The topological polar surface area (TPSA) is 189 Å².